The Kier molecular flexibility index (Phi) is 5.48. The van der Waals surface area contributed by atoms with Crippen molar-refractivity contribution in [1.29, 1.82) is 0 Å². The molecule has 0 atom stereocenters. The summed E-state index contributed by atoms with van der Waals surface area (Å²) in [5.74, 6) is 0.0114. The summed E-state index contributed by atoms with van der Waals surface area (Å²) >= 11 is 0. The Balaban J connectivity index is 1.40. The van der Waals surface area contributed by atoms with Gasteiger partial charge in [-0.1, -0.05) is 29.8 Å². The molecule has 4 aromatic rings. The van der Waals surface area contributed by atoms with Gasteiger partial charge in [-0.2, -0.15) is 0 Å². The van der Waals surface area contributed by atoms with Crippen LogP contribution in [0.3, 0.4) is 0 Å². The van der Waals surface area contributed by atoms with Crippen LogP contribution >= 0.6 is 0 Å². The van der Waals surface area contributed by atoms with Gasteiger partial charge in [0.1, 0.15) is 11.6 Å². The summed E-state index contributed by atoms with van der Waals surface area (Å²) in [6, 6.07) is 20.6. The first kappa shape index (κ1) is 19.3. The number of aromatic nitrogens is 2. The van der Waals surface area contributed by atoms with E-state index >= 15 is 0 Å². The van der Waals surface area contributed by atoms with Gasteiger partial charge in [0.15, 0.2) is 0 Å². The SMILES string of the molecule is Cc1ccc(NC(=O)c2ccc(Oc3ncc(-c4ccc(F)cc4)cn3)cc2)cc1. The maximum absolute atomic E-state index is 13.0. The highest BCUT2D eigenvalue weighted by Gasteiger charge is 2.08. The Hall–Kier alpha value is -4.06. The van der Waals surface area contributed by atoms with Crippen LogP contribution in [0.2, 0.25) is 0 Å². The fraction of sp³-hybridized carbons (Fsp3) is 0.0417. The molecule has 0 aliphatic heterocycles. The van der Waals surface area contributed by atoms with Crippen molar-refractivity contribution in [3.8, 4) is 22.9 Å². The van der Waals surface area contributed by atoms with Crippen LogP contribution in [0, 0.1) is 12.7 Å². The second-order valence-electron chi connectivity index (χ2n) is 6.71. The molecule has 1 heterocycles. The molecule has 5 nitrogen and oxygen atoms in total. The number of halogens is 1. The van der Waals surface area contributed by atoms with Crippen molar-refractivity contribution in [2.45, 2.75) is 6.92 Å². The van der Waals surface area contributed by atoms with Gasteiger partial charge in [0.25, 0.3) is 5.91 Å². The highest BCUT2D eigenvalue weighted by atomic mass is 19.1. The molecule has 6 heteroatoms. The Morgan fingerprint density at radius 3 is 2.10 bits per heavy atom. The van der Waals surface area contributed by atoms with Crippen LogP contribution in [0.4, 0.5) is 10.1 Å². The van der Waals surface area contributed by atoms with Gasteiger partial charge in [-0.05, 0) is 61.0 Å². The van der Waals surface area contributed by atoms with Crippen LogP contribution in [0.15, 0.2) is 85.2 Å². The quantitative estimate of drug-likeness (QED) is 0.472. The Labute approximate surface area is 173 Å². The van der Waals surface area contributed by atoms with E-state index in [1.54, 1.807) is 48.8 Å². The number of amides is 1. The highest BCUT2D eigenvalue weighted by molar-refractivity contribution is 6.04. The van der Waals surface area contributed by atoms with E-state index in [4.69, 9.17) is 4.74 Å². The van der Waals surface area contributed by atoms with E-state index in [0.717, 1.165) is 22.4 Å². The first-order chi connectivity index (χ1) is 14.6. The second kappa shape index (κ2) is 8.53. The molecule has 0 radical (unpaired) electrons. The monoisotopic (exact) mass is 399 g/mol. The van der Waals surface area contributed by atoms with Gasteiger partial charge < -0.3 is 10.1 Å². The van der Waals surface area contributed by atoms with Crippen LogP contribution in [-0.4, -0.2) is 15.9 Å². The van der Waals surface area contributed by atoms with Crippen LogP contribution in [0.5, 0.6) is 11.8 Å². The summed E-state index contributed by atoms with van der Waals surface area (Å²) in [6.45, 7) is 1.99. The fourth-order valence-corrected chi connectivity index (χ4v) is 2.78. The van der Waals surface area contributed by atoms with E-state index in [2.05, 4.69) is 15.3 Å². The van der Waals surface area contributed by atoms with Crippen molar-refractivity contribution in [3.05, 3.63) is 102 Å². The molecule has 0 aliphatic rings. The molecule has 0 saturated heterocycles. The van der Waals surface area contributed by atoms with Gasteiger partial charge in [0.2, 0.25) is 0 Å². The standard InChI is InChI=1S/C24H18FN3O2/c1-16-2-10-21(11-3-16)28-23(29)18-6-12-22(13-7-18)30-24-26-14-19(15-27-24)17-4-8-20(25)9-5-17/h2-15H,1H3,(H,28,29). The number of rotatable bonds is 5. The molecule has 0 unspecified atom stereocenters. The lowest BCUT2D eigenvalue weighted by molar-refractivity contribution is 0.102. The van der Waals surface area contributed by atoms with Crippen LogP contribution in [-0.2, 0) is 0 Å². The lowest BCUT2D eigenvalue weighted by Crippen LogP contribution is -2.11. The van der Waals surface area contributed by atoms with Gasteiger partial charge >= 0.3 is 6.01 Å². The average molecular weight is 399 g/mol. The molecule has 0 bridgehead atoms. The number of benzene rings is 3. The summed E-state index contributed by atoms with van der Waals surface area (Å²) in [6.07, 6.45) is 3.22. The minimum atomic E-state index is -0.296. The number of ether oxygens (including phenoxy) is 1. The number of nitrogens with zero attached hydrogens (tertiary/aromatic N) is 2. The number of aryl methyl sites for hydroxylation is 1. The van der Waals surface area contributed by atoms with E-state index in [-0.39, 0.29) is 17.7 Å². The molecular formula is C24H18FN3O2. The third kappa shape index (κ3) is 4.67. The largest absolute Gasteiger partial charge is 0.424 e. The summed E-state index contributed by atoms with van der Waals surface area (Å²) < 4.78 is 18.7. The van der Waals surface area contributed by atoms with Gasteiger partial charge in [0.05, 0.1) is 0 Å². The molecule has 4 rings (SSSR count). The zero-order valence-corrected chi connectivity index (χ0v) is 16.2. The predicted molar refractivity (Wildman–Crippen MR) is 113 cm³/mol. The molecule has 1 amide bonds. The normalized spacial score (nSPS) is 10.5. The van der Waals surface area contributed by atoms with Crippen molar-refractivity contribution in [1.82, 2.24) is 9.97 Å². The first-order valence-electron chi connectivity index (χ1n) is 9.31. The Morgan fingerprint density at radius 2 is 1.47 bits per heavy atom. The average Bonchev–Trinajstić information content (AvgIpc) is 2.77. The zero-order chi connectivity index (χ0) is 20.9. The Bertz CT molecular complexity index is 1140. The Morgan fingerprint density at radius 1 is 0.833 bits per heavy atom. The molecule has 0 spiro atoms. The molecule has 30 heavy (non-hydrogen) atoms. The smallest absolute Gasteiger partial charge is 0.321 e. The number of carbonyl (C=O) groups excluding carboxylic acids is 1. The van der Waals surface area contributed by atoms with Crippen molar-refractivity contribution in [3.63, 3.8) is 0 Å². The van der Waals surface area contributed by atoms with Crippen molar-refractivity contribution >= 4 is 11.6 Å². The van der Waals surface area contributed by atoms with E-state index in [9.17, 15) is 9.18 Å². The number of carbonyl (C=O) groups is 1. The predicted octanol–water partition coefficient (Wildman–Crippen LogP) is 5.64. The zero-order valence-electron chi connectivity index (χ0n) is 16.2. The molecule has 148 valence electrons. The number of anilines is 1. The highest BCUT2D eigenvalue weighted by Crippen LogP contribution is 2.22. The van der Waals surface area contributed by atoms with Gasteiger partial charge in [-0.15, -0.1) is 0 Å². The third-order valence-electron chi connectivity index (χ3n) is 4.44. The number of nitrogens with one attached hydrogen (secondary N) is 1. The van der Waals surface area contributed by atoms with E-state index in [1.165, 1.54) is 12.1 Å². The lowest BCUT2D eigenvalue weighted by Gasteiger charge is -2.07. The maximum atomic E-state index is 13.0. The molecule has 0 fully saturated rings. The minimum Gasteiger partial charge on any atom is -0.424 e. The van der Waals surface area contributed by atoms with Gasteiger partial charge in [-0.3, -0.25) is 4.79 Å². The maximum Gasteiger partial charge on any atom is 0.321 e. The summed E-state index contributed by atoms with van der Waals surface area (Å²) in [5.41, 5.74) is 3.94. The fourth-order valence-electron chi connectivity index (χ4n) is 2.78. The lowest BCUT2D eigenvalue weighted by atomic mass is 10.1. The molecule has 1 N–H and O–H groups in total. The molecule has 0 aliphatic carbocycles. The van der Waals surface area contributed by atoms with Crippen LogP contribution in [0.25, 0.3) is 11.1 Å². The van der Waals surface area contributed by atoms with Gasteiger partial charge in [-0.25, -0.2) is 14.4 Å². The summed E-state index contributed by atoms with van der Waals surface area (Å²) in [7, 11) is 0. The molecule has 1 aromatic heterocycles. The van der Waals surface area contributed by atoms with Crippen molar-refractivity contribution in [2.24, 2.45) is 0 Å². The molecule has 0 saturated carbocycles. The van der Waals surface area contributed by atoms with Crippen molar-refractivity contribution < 1.29 is 13.9 Å². The minimum absolute atomic E-state index is 0.178. The van der Waals surface area contributed by atoms with Crippen molar-refractivity contribution in [2.75, 3.05) is 5.32 Å². The summed E-state index contributed by atoms with van der Waals surface area (Å²) in [5, 5.41) is 2.85. The second-order valence-corrected chi connectivity index (χ2v) is 6.71. The van der Waals surface area contributed by atoms with E-state index in [0.29, 0.717) is 11.3 Å². The number of hydrogen-bond donors (Lipinski definition) is 1. The number of hydrogen-bond acceptors (Lipinski definition) is 4. The first-order valence-corrected chi connectivity index (χ1v) is 9.31. The van der Waals surface area contributed by atoms with Crippen LogP contribution in [0.1, 0.15) is 15.9 Å². The van der Waals surface area contributed by atoms with E-state index in [1.807, 2.05) is 31.2 Å². The van der Waals surface area contributed by atoms with Crippen LogP contribution < -0.4 is 10.1 Å². The summed E-state index contributed by atoms with van der Waals surface area (Å²) in [4.78, 5) is 20.7. The molecular weight excluding hydrogens is 381 g/mol. The van der Waals surface area contributed by atoms with Gasteiger partial charge in [0, 0.05) is 29.2 Å². The molecule has 3 aromatic carbocycles. The third-order valence-corrected chi connectivity index (χ3v) is 4.44. The van der Waals surface area contributed by atoms with E-state index < -0.39 is 0 Å². The topological polar surface area (TPSA) is 64.1 Å².